The van der Waals surface area contributed by atoms with Gasteiger partial charge >= 0.3 is 0 Å². The lowest BCUT2D eigenvalue weighted by Gasteiger charge is -2.28. The van der Waals surface area contributed by atoms with E-state index in [2.05, 4.69) is 46.0 Å². The molecular formula is C19H17BrN2O2. The number of para-hydroxylation sites is 1. The average molecular weight is 385 g/mol. The number of aromatic nitrogens is 1. The third kappa shape index (κ3) is 2.35. The minimum atomic E-state index is -0.591. The molecule has 1 aliphatic rings. The normalized spacial score (nSPS) is 20.1. The first-order chi connectivity index (χ1) is 11.6. The molecule has 0 unspecified atom stereocenters. The number of aromatic amines is 1. The summed E-state index contributed by atoms with van der Waals surface area (Å²) in [6, 6.07) is 11.7. The molecule has 1 aromatic heterocycles. The summed E-state index contributed by atoms with van der Waals surface area (Å²) >= 11 is 3.52. The molecule has 0 spiro atoms. The van der Waals surface area contributed by atoms with Crippen molar-refractivity contribution in [1.29, 1.82) is 0 Å². The Hall–Kier alpha value is -2.14. The highest BCUT2D eigenvalue weighted by Gasteiger charge is 2.39. The highest BCUT2D eigenvalue weighted by molar-refractivity contribution is 9.10. The van der Waals surface area contributed by atoms with Crippen molar-refractivity contribution < 1.29 is 4.92 Å². The van der Waals surface area contributed by atoms with E-state index in [1.54, 1.807) is 0 Å². The number of halogens is 1. The Labute approximate surface area is 148 Å². The largest absolute Gasteiger partial charge is 0.361 e. The minimum absolute atomic E-state index is 0.108. The van der Waals surface area contributed by atoms with Gasteiger partial charge in [0.1, 0.15) is 0 Å². The summed E-state index contributed by atoms with van der Waals surface area (Å²) in [5.41, 5.74) is 5.52. The Morgan fingerprint density at radius 2 is 2.08 bits per heavy atom. The fourth-order valence-electron chi connectivity index (χ4n) is 3.95. The van der Waals surface area contributed by atoms with Crippen LogP contribution >= 0.6 is 15.9 Å². The van der Waals surface area contributed by atoms with E-state index in [0.29, 0.717) is 6.42 Å². The molecule has 122 valence electrons. The standard InChI is InChI=1S/C19H17BrN2O2/c1-11-3-2-4-14-16(10-21-19(11)14)18-15-9-13(20)7-5-12(15)6-8-17(18)22(23)24/h2-5,7,9-10,17-18,21H,6,8H2,1H3/t17-,18+/m0/s1. The fourth-order valence-corrected chi connectivity index (χ4v) is 4.33. The lowest BCUT2D eigenvalue weighted by molar-refractivity contribution is -0.526. The van der Waals surface area contributed by atoms with E-state index >= 15 is 0 Å². The number of rotatable bonds is 2. The Morgan fingerprint density at radius 1 is 1.25 bits per heavy atom. The second-order valence-corrected chi connectivity index (χ2v) is 7.37. The minimum Gasteiger partial charge on any atom is -0.361 e. The van der Waals surface area contributed by atoms with Gasteiger partial charge in [-0.25, -0.2) is 0 Å². The molecule has 1 N–H and O–H groups in total. The number of nitrogens with one attached hydrogen (secondary N) is 1. The molecule has 3 aromatic rings. The fraction of sp³-hybridized carbons (Fsp3) is 0.263. The first-order valence-electron chi connectivity index (χ1n) is 8.04. The lowest BCUT2D eigenvalue weighted by Crippen LogP contribution is -2.33. The molecular weight excluding hydrogens is 368 g/mol. The van der Waals surface area contributed by atoms with Crippen molar-refractivity contribution in [2.24, 2.45) is 0 Å². The van der Waals surface area contributed by atoms with Crippen molar-refractivity contribution in [3.8, 4) is 0 Å². The smallest absolute Gasteiger partial charge is 0.224 e. The monoisotopic (exact) mass is 384 g/mol. The van der Waals surface area contributed by atoms with Crippen molar-refractivity contribution in [3.63, 3.8) is 0 Å². The van der Waals surface area contributed by atoms with Crippen LogP contribution in [0.4, 0.5) is 0 Å². The van der Waals surface area contributed by atoms with Gasteiger partial charge in [0.25, 0.3) is 0 Å². The first-order valence-corrected chi connectivity index (χ1v) is 8.84. The van der Waals surface area contributed by atoms with Crippen molar-refractivity contribution in [3.05, 3.63) is 79.4 Å². The number of aryl methyl sites for hydroxylation is 2. The predicted molar refractivity (Wildman–Crippen MR) is 98.1 cm³/mol. The van der Waals surface area contributed by atoms with Crippen LogP contribution in [0.2, 0.25) is 0 Å². The second kappa shape index (κ2) is 5.74. The molecule has 0 aliphatic heterocycles. The molecule has 4 nitrogen and oxygen atoms in total. The molecule has 0 bridgehead atoms. The quantitative estimate of drug-likeness (QED) is 0.501. The van der Waals surface area contributed by atoms with E-state index < -0.39 is 6.04 Å². The van der Waals surface area contributed by atoms with Crippen LogP contribution in [0.3, 0.4) is 0 Å². The third-order valence-corrected chi connectivity index (χ3v) is 5.59. The second-order valence-electron chi connectivity index (χ2n) is 6.45. The van der Waals surface area contributed by atoms with Crippen LogP contribution in [0, 0.1) is 17.0 Å². The maximum absolute atomic E-state index is 11.7. The van der Waals surface area contributed by atoms with E-state index in [-0.39, 0.29) is 10.8 Å². The van der Waals surface area contributed by atoms with Crippen molar-refractivity contribution in [2.45, 2.75) is 31.7 Å². The van der Waals surface area contributed by atoms with E-state index in [1.165, 1.54) is 5.56 Å². The van der Waals surface area contributed by atoms with Gasteiger partial charge in [-0.2, -0.15) is 0 Å². The van der Waals surface area contributed by atoms with Crippen LogP contribution in [-0.2, 0) is 6.42 Å². The number of benzene rings is 2. The molecule has 4 rings (SSSR count). The zero-order valence-corrected chi connectivity index (χ0v) is 14.8. The van der Waals surface area contributed by atoms with Gasteiger partial charge in [0, 0.05) is 32.9 Å². The molecule has 0 saturated heterocycles. The van der Waals surface area contributed by atoms with Crippen LogP contribution in [0.5, 0.6) is 0 Å². The molecule has 0 fully saturated rings. The summed E-state index contributed by atoms with van der Waals surface area (Å²) < 4.78 is 0.964. The SMILES string of the molecule is Cc1cccc2c([C@H]3c4cc(Br)ccc4CC[C@@H]3[N+](=O)[O-])c[nH]c12. The molecule has 0 saturated carbocycles. The lowest BCUT2D eigenvalue weighted by atomic mass is 9.75. The topological polar surface area (TPSA) is 58.9 Å². The summed E-state index contributed by atoms with van der Waals surface area (Å²) in [5, 5.41) is 12.8. The van der Waals surface area contributed by atoms with Crippen LogP contribution < -0.4 is 0 Å². The van der Waals surface area contributed by atoms with Gasteiger partial charge in [0.2, 0.25) is 6.04 Å². The molecule has 5 heteroatoms. The number of hydrogen-bond acceptors (Lipinski definition) is 2. The average Bonchev–Trinajstić information content (AvgIpc) is 2.98. The van der Waals surface area contributed by atoms with Gasteiger partial charge in [0.15, 0.2) is 0 Å². The van der Waals surface area contributed by atoms with Gasteiger partial charge < -0.3 is 4.98 Å². The number of nitro groups is 1. The zero-order chi connectivity index (χ0) is 16.8. The van der Waals surface area contributed by atoms with E-state index in [9.17, 15) is 10.1 Å². The number of nitrogens with zero attached hydrogens (tertiary/aromatic N) is 1. The van der Waals surface area contributed by atoms with Gasteiger partial charge in [-0.1, -0.05) is 40.2 Å². The van der Waals surface area contributed by atoms with E-state index in [1.807, 2.05) is 24.4 Å². The molecule has 1 aliphatic carbocycles. The Balaban J connectivity index is 1.97. The van der Waals surface area contributed by atoms with Gasteiger partial charge in [-0.3, -0.25) is 10.1 Å². The summed E-state index contributed by atoms with van der Waals surface area (Å²) in [7, 11) is 0. The van der Waals surface area contributed by atoms with Crippen LogP contribution in [-0.4, -0.2) is 15.9 Å². The third-order valence-electron chi connectivity index (χ3n) is 5.10. The summed E-state index contributed by atoms with van der Waals surface area (Å²) in [6.45, 7) is 2.05. The summed E-state index contributed by atoms with van der Waals surface area (Å²) in [5.74, 6) is -0.225. The molecule has 24 heavy (non-hydrogen) atoms. The van der Waals surface area contributed by atoms with E-state index in [4.69, 9.17) is 0 Å². The molecule has 1 heterocycles. The highest BCUT2D eigenvalue weighted by Crippen LogP contribution is 2.42. The van der Waals surface area contributed by atoms with Crippen molar-refractivity contribution in [1.82, 2.24) is 4.98 Å². The zero-order valence-electron chi connectivity index (χ0n) is 13.3. The molecule has 0 radical (unpaired) electrons. The molecule has 2 aromatic carbocycles. The Kier molecular flexibility index (Phi) is 3.68. The summed E-state index contributed by atoms with van der Waals surface area (Å²) in [4.78, 5) is 15.0. The van der Waals surface area contributed by atoms with E-state index in [0.717, 1.165) is 38.5 Å². The van der Waals surface area contributed by atoms with Gasteiger partial charge in [-0.15, -0.1) is 0 Å². The maximum Gasteiger partial charge on any atom is 0.224 e. The highest BCUT2D eigenvalue weighted by atomic mass is 79.9. The molecule has 0 amide bonds. The molecule has 2 atom stereocenters. The van der Waals surface area contributed by atoms with Gasteiger partial charge in [0.05, 0.1) is 5.92 Å². The maximum atomic E-state index is 11.7. The summed E-state index contributed by atoms with van der Waals surface area (Å²) in [6.07, 6.45) is 3.28. The Bertz CT molecular complexity index is 948. The first kappa shape index (κ1) is 15.4. The van der Waals surface area contributed by atoms with Crippen LogP contribution in [0.1, 0.15) is 34.6 Å². The van der Waals surface area contributed by atoms with Crippen LogP contribution in [0.25, 0.3) is 10.9 Å². The number of hydrogen-bond donors (Lipinski definition) is 1. The number of H-pyrrole nitrogens is 1. The Morgan fingerprint density at radius 3 is 2.88 bits per heavy atom. The predicted octanol–water partition coefficient (Wildman–Crippen LogP) is 4.96. The van der Waals surface area contributed by atoms with Crippen molar-refractivity contribution in [2.75, 3.05) is 0 Å². The number of fused-ring (bicyclic) bond motifs is 2. The van der Waals surface area contributed by atoms with Crippen molar-refractivity contribution >= 4 is 26.8 Å². The van der Waals surface area contributed by atoms with Crippen LogP contribution in [0.15, 0.2) is 47.1 Å². The van der Waals surface area contributed by atoms with Gasteiger partial charge in [-0.05, 0) is 47.7 Å².